The van der Waals surface area contributed by atoms with Crippen molar-refractivity contribution in [1.29, 1.82) is 0 Å². The molecule has 5 heteroatoms. The van der Waals surface area contributed by atoms with Gasteiger partial charge in [0, 0.05) is 17.5 Å². The molecule has 3 rings (SSSR count). The van der Waals surface area contributed by atoms with Gasteiger partial charge >= 0.3 is 0 Å². The van der Waals surface area contributed by atoms with E-state index in [9.17, 15) is 9.59 Å². The minimum Gasteiger partial charge on any atom is -0.465 e. The first kappa shape index (κ1) is 17.2. The molecule has 0 saturated carbocycles. The number of rotatable bonds is 6. The van der Waals surface area contributed by atoms with Gasteiger partial charge in [-0.1, -0.05) is 30.3 Å². The average molecular weight is 346 g/mol. The molecule has 0 spiro atoms. The third kappa shape index (κ3) is 5.21. The van der Waals surface area contributed by atoms with Crippen LogP contribution >= 0.6 is 0 Å². The minimum atomic E-state index is -0.262. The topological polar surface area (TPSA) is 71.3 Å². The van der Waals surface area contributed by atoms with Gasteiger partial charge in [0.2, 0.25) is 11.8 Å². The lowest BCUT2D eigenvalue weighted by Crippen LogP contribution is -2.14. The smallest absolute Gasteiger partial charge is 0.248 e. The van der Waals surface area contributed by atoms with Crippen LogP contribution in [-0.4, -0.2) is 11.8 Å². The zero-order chi connectivity index (χ0) is 18.2. The monoisotopic (exact) mass is 346 g/mol. The summed E-state index contributed by atoms with van der Waals surface area (Å²) in [5.74, 6) is 0.258. The molecule has 0 bridgehead atoms. The van der Waals surface area contributed by atoms with E-state index in [0.717, 1.165) is 5.56 Å². The lowest BCUT2D eigenvalue weighted by atomic mass is 10.1. The van der Waals surface area contributed by atoms with Crippen molar-refractivity contribution in [2.24, 2.45) is 0 Å². The fourth-order valence-electron chi connectivity index (χ4n) is 2.35. The van der Waals surface area contributed by atoms with Crippen LogP contribution in [0.3, 0.4) is 0 Å². The molecule has 0 aliphatic heterocycles. The second kappa shape index (κ2) is 8.48. The number of hydrogen-bond donors (Lipinski definition) is 2. The Balaban J connectivity index is 1.51. The quantitative estimate of drug-likeness (QED) is 0.660. The summed E-state index contributed by atoms with van der Waals surface area (Å²) in [5.41, 5.74) is 2.27. The number of amides is 2. The van der Waals surface area contributed by atoms with Crippen LogP contribution in [-0.2, 0) is 16.0 Å². The number of hydrogen-bond acceptors (Lipinski definition) is 3. The normalized spacial score (nSPS) is 10.6. The summed E-state index contributed by atoms with van der Waals surface area (Å²) < 4.78 is 5.12. The first-order chi connectivity index (χ1) is 12.7. The van der Waals surface area contributed by atoms with Gasteiger partial charge in [0.25, 0.3) is 0 Å². The lowest BCUT2D eigenvalue weighted by Gasteiger charge is -2.07. The van der Waals surface area contributed by atoms with Crippen LogP contribution in [0.4, 0.5) is 11.4 Å². The first-order valence-corrected chi connectivity index (χ1v) is 8.15. The Morgan fingerprint density at radius 3 is 2.19 bits per heavy atom. The van der Waals surface area contributed by atoms with Crippen molar-refractivity contribution >= 4 is 29.3 Å². The Labute approximate surface area is 151 Å². The number of nitrogens with one attached hydrogen (secondary N) is 2. The molecule has 2 aromatic carbocycles. The van der Waals surface area contributed by atoms with Gasteiger partial charge in [0.1, 0.15) is 5.76 Å². The van der Waals surface area contributed by atoms with Crippen LogP contribution in [0.5, 0.6) is 0 Å². The largest absolute Gasteiger partial charge is 0.465 e. The maximum atomic E-state index is 12.0. The summed E-state index contributed by atoms with van der Waals surface area (Å²) >= 11 is 0. The molecule has 1 aromatic heterocycles. The van der Waals surface area contributed by atoms with Crippen LogP contribution in [0.2, 0.25) is 0 Å². The van der Waals surface area contributed by atoms with E-state index in [0.29, 0.717) is 23.6 Å². The zero-order valence-electron chi connectivity index (χ0n) is 14.0. The Kier molecular flexibility index (Phi) is 5.62. The van der Waals surface area contributed by atoms with Crippen molar-refractivity contribution in [3.63, 3.8) is 0 Å². The van der Waals surface area contributed by atoms with E-state index in [-0.39, 0.29) is 11.8 Å². The number of furan rings is 1. The Bertz CT molecular complexity index is 883. The lowest BCUT2D eigenvalue weighted by molar-refractivity contribution is -0.115. The highest BCUT2D eigenvalue weighted by Crippen LogP contribution is 2.14. The third-order valence-corrected chi connectivity index (χ3v) is 3.59. The zero-order valence-corrected chi connectivity index (χ0v) is 14.0. The predicted octanol–water partition coefficient (Wildman–Crippen LogP) is 4.11. The molecule has 0 atom stereocenters. The molecule has 5 nitrogen and oxygen atoms in total. The van der Waals surface area contributed by atoms with E-state index in [1.165, 1.54) is 6.08 Å². The molecule has 2 N–H and O–H groups in total. The summed E-state index contributed by atoms with van der Waals surface area (Å²) in [6.07, 6.45) is 4.85. The van der Waals surface area contributed by atoms with E-state index in [1.54, 1.807) is 48.7 Å². The van der Waals surface area contributed by atoms with Gasteiger partial charge in [-0.2, -0.15) is 0 Å². The first-order valence-electron chi connectivity index (χ1n) is 8.15. The fourth-order valence-corrected chi connectivity index (χ4v) is 2.35. The SMILES string of the molecule is O=C(/C=C/c1ccco1)Nc1ccc(NC(=O)Cc2ccccc2)cc1. The second-order valence-electron chi connectivity index (χ2n) is 5.63. The molecule has 0 saturated heterocycles. The highest BCUT2D eigenvalue weighted by Gasteiger charge is 2.04. The molecule has 0 fully saturated rings. The van der Waals surface area contributed by atoms with E-state index in [4.69, 9.17) is 4.42 Å². The van der Waals surface area contributed by atoms with Gasteiger partial charge < -0.3 is 15.1 Å². The fraction of sp³-hybridized carbons (Fsp3) is 0.0476. The van der Waals surface area contributed by atoms with Crippen LogP contribution in [0.1, 0.15) is 11.3 Å². The van der Waals surface area contributed by atoms with Crippen LogP contribution in [0.15, 0.2) is 83.5 Å². The van der Waals surface area contributed by atoms with Crippen LogP contribution < -0.4 is 10.6 Å². The van der Waals surface area contributed by atoms with Gasteiger partial charge in [-0.3, -0.25) is 9.59 Å². The summed E-state index contributed by atoms with van der Waals surface area (Å²) in [4.78, 5) is 23.9. The van der Waals surface area contributed by atoms with Crippen molar-refractivity contribution in [2.45, 2.75) is 6.42 Å². The van der Waals surface area contributed by atoms with Crippen molar-refractivity contribution in [1.82, 2.24) is 0 Å². The van der Waals surface area contributed by atoms with Gasteiger partial charge in [-0.25, -0.2) is 0 Å². The molecule has 130 valence electrons. The van der Waals surface area contributed by atoms with Gasteiger partial charge in [0.15, 0.2) is 0 Å². The van der Waals surface area contributed by atoms with E-state index < -0.39 is 0 Å². The van der Waals surface area contributed by atoms with Crippen LogP contribution in [0.25, 0.3) is 6.08 Å². The second-order valence-corrected chi connectivity index (χ2v) is 5.63. The molecule has 0 aliphatic carbocycles. The summed E-state index contributed by atoms with van der Waals surface area (Å²) in [5, 5.41) is 5.58. The summed E-state index contributed by atoms with van der Waals surface area (Å²) in [6.45, 7) is 0. The van der Waals surface area contributed by atoms with Gasteiger partial charge in [-0.05, 0) is 48.0 Å². The van der Waals surface area contributed by atoms with Crippen molar-refractivity contribution < 1.29 is 14.0 Å². The Morgan fingerprint density at radius 1 is 0.846 bits per heavy atom. The predicted molar refractivity (Wildman–Crippen MR) is 102 cm³/mol. The summed E-state index contributed by atoms with van der Waals surface area (Å²) in [6, 6.07) is 20.0. The molecule has 0 unspecified atom stereocenters. The van der Waals surface area contributed by atoms with E-state index in [1.807, 2.05) is 30.3 Å². The summed E-state index contributed by atoms with van der Waals surface area (Å²) in [7, 11) is 0. The highest BCUT2D eigenvalue weighted by molar-refractivity contribution is 6.02. The van der Waals surface area contributed by atoms with Gasteiger partial charge in [-0.15, -0.1) is 0 Å². The molecular formula is C21H18N2O3. The molecule has 26 heavy (non-hydrogen) atoms. The van der Waals surface area contributed by atoms with Crippen molar-refractivity contribution in [3.8, 4) is 0 Å². The van der Waals surface area contributed by atoms with E-state index in [2.05, 4.69) is 10.6 Å². The Hall–Kier alpha value is -3.60. The number of carbonyl (C=O) groups is 2. The maximum absolute atomic E-state index is 12.0. The Morgan fingerprint density at radius 2 is 1.54 bits per heavy atom. The average Bonchev–Trinajstić information content (AvgIpc) is 3.16. The maximum Gasteiger partial charge on any atom is 0.248 e. The molecule has 1 heterocycles. The standard InChI is InChI=1S/C21H18N2O3/c24-20(13-12-19-7-4-14-26-19)22-17-8-10-18(11-9-17)23-21(25)15-16-5-2-1-3-6-16/h1-14H,15H2,(H,22,24)(H,23,25)/b13-12+. The molecular weight excluding hydrogens is 328 g/mol. The number of benzene rings is 2. The van der Waals surface area contributed by atoms with Crippen molar-refractivity contribution in [3.05, 3.63) is 90.4 Å². The molecule has 0 radical (unpaired) electrons. The third-order valence-electron chi connectivity index (χ3n) is 3.59. The highest BCUT2D eigenvalue weighted by atomic mass is 16.3. The van der Waals surface area contributed by atoms with Crippen molar-refractivity contribution in [2.75, 3.05) is 10.6 Å². The molecule has 2 amide bonds. The number of carbonyl (C=O) groups excluding carboxylic acids is 2. The molecule has 3 aromatic rings. The van der Waals surface area contributed by atoms with Crippen LogP contribution in [0, 0.1) is 0 Å². The number of anilines is 2. The van der Waals surface area contributed by atoms with Gasteiger partial charge in [0.05, 0.1) is 12.7 Å². The van der Waals surface area contributed by atoms with E-state index >= 15 is 0 Å². The minimum absolute atomic E-state index is 0.0885. The molecule has 0 aliphatic rings.